The molecule has 0 aromatic heterocycles. The summed E-state index contributed by atoms with van der Waals surface area (Å²) in [6, 6.07) is 15.4. The Hall–Kier alpha value is -7.02. The Balaban J connectivity index is 0.000000655. The Kier molecular flexibility index (Phi) is 39.3. The standard InChI is InChI=1S/C34H26N6O14S4.4C6H15NO3/c35-21-7-3-19-11-29(57(49,50)51)31(33(41)25(19)13-21)39-37-23-9-5-17(27(15-23)55(43,44)45)1-2-18-6-10-24(16-28(18)56(46,47)48)38-40-32-30(58(52,53)54)12-20-4-8-22(36)14-26(20)34(32)42;4*8-4-1-7(2-5-9)3-6-10/h1-16,41-42H,35-36H2,(H,43,44,45)(H,46,47,48)(H,49,50,51)(H,52,53,54);4*8-10H,1-6H2/b2-1+,39-37?,40-38?;;;;. The van der Waals surface area contributed by atoms with Crippen LogP contribution in [0.2, 0.25) is 0 Å². The van der Waals surface area contributed by atoms with E-state index in [-0.39, 0.29) is 135 Å². The molecule has 0 radical (unpaired) electrons. The quantitative estimate of drug-likeness (QED) is 0.00772. The number of aliphatic hydroxyl groups excluding tert-OH is 12. The van der Waals surface area contributed by atoms with Crippen LogP contribution < -0.4 is 31.1 Å². The molecule has 0 heterocycles. The average Bonchev–Trinajstić information content (AvgIpc) is 0.779. The van der Waals surface area contributed by atoms with E-state index in [4.69, 9.17) is 72.7 Å². The maximum absolute atomic E-state index is 12.3. The number of nitrogens with zero attached hydrogens (tertiary/aromatic N) is 4. The number of hydrogen-bond acceptors (Lipinski definition) is 32. The van der Waals surface area contributed by atoms with E-state index in [1.54, 1.807) is 0 Å². The van der Waals surface area contributed by atoms with Gasteiger partial charge in [0.15, 0.2) is 11.5 Å². The minimum atomic E-state index is -5.34. The van der Waals surface area contributed by atoms with Gasteiger partial charge in [-0.3, -0.25) is 0 Å². The van der Waals surface area contributed by atoms with Crippen LogP contribution in [0.25, 0.3) is 33.7 Å². The number of nitrogen functional groups attached to an aromatic ring is 2. The van der Waals surface area contributed by atoms with Crippen LogP contribution in [-0.4, -0.2) is 281 Å². The molecule has 0 saturated carbocycles. The molecule has 0 spiro atoms. The number of phenolic OH excluding ortho intramolecular Hbond substituents is 2. The molecule has 0 atom stereocenters. The van der Waals surface area contributed by atoms with Crippen LogP contribution in [0.4, 0.5) is 34.1 Å². The molecule has 40 heteroatoms. The lowest BCUT2D eigenvalue weighted by molar-refractivity contribution is -0.901. The third-order valence-electron chi connectivity index (χ3n) is 13.8. The maximum Gasteiger partial charge on any atom is 0.152 e. The predicted molar refractivity (Wildman–Crippen MR) is 349 cm³/mol. The third-order valence-corrected chi connectivity index (χ3v) is 17.3. The number of nitrogens with one attached hydrogen (secondary N) is 4. The highest BCUT2D eigenvalue weighted by Gasteiger charge is 2.21. The Morgan fingerprint density at radius 2 is 0.561 bits per heavy atom. The molecule has 98 heavy (non-hydrogen) atoms. The number of anilines is 2. The molecule has 0 amide bonds. The summed E-state index contributed by atoms with van der Waals surface area (Å²) < 4.78 is 146. The molecule has 36 nitrogen and oxygen atoms in total. The van der Waals surface area contributed by atoms with Gasteiger partial charge in [-0.15, -0.1) is 10.2 Å². The summed E-state index contributed by atoms with van der Waals surface area (Å²) in [6.07, 6.45) is 1.89. The van der Waals surface area contributed by atoms with E-state index in [2.05, 4.69) is 20.5 Å². The Bertz CT molecular complexity index is 3660. The van der Waals surface area contributed by atoms with Gasteiger partial charge < -0.3 is 121 Å². The molecule has 6 aromatic rings. The van der Waals surface area contributed by atoms with Crippen LogP contribution >= 0.6 is 0 Å². The maximum atomic E-state index is 12.3. The lowest BCUT2D eigenvalue weighted by Crippen LogP contribution is -3.13. The number of aliphatic hydroxyl groups is 12. The Labute approximate surface area is 565 Å². The van der Waals surface area contributed by atoms with Crippen molar-refractivity contribution in [3.63, 3.8) is 0 Å². The summed E-state index contributed by atoms with van der Waals surface area (Å²) in [4.78, 5) is 0.281. The number of phenols is 2. The second-order valence-electron chi connectivity index (χ2n) is 20.8. The van der Waals surface area contributed by atoms with E-state index in [9.17, 15) is 62.1 Å². The SMILES string of the molecule is Nc1ccc2cc(S(=O)(=O)[O-])c(N=Nc3ccc(/C=C/c4ccc(N=Nc5c(S(=O)(=O)[O-])cc6ccc(N)cc6c5O)cc4S(=O)(=O)[O-])c(S(=O)(=O)[O-])c3)c(O)c2c1.OCC[NH+](CCO)CCO.OCC[NH+](CCO)CCO.OCC[NH+](CCO)CCO.OCC[NH+](CCO)CCO. The molecule has 0 aliphatic rings. The van der Waals surface area contributed by atoms with Crippen LogP contribution in [0, 0.1) is 0 Å². The average molecular weight is 1470 g/mol. The van der Waals surface area contributed by atoms with Gasteiger partial charge >= 0.3 is 0 Å². The Morgan fingerprint density at radius 1 is 0.327 bits per heavy atom. The van der Waals surface area contributed by atoms with Gasteiger partial charge in [0.2, 0.25) is 0 Å². The fourth-order valence-corrected chi connectivity index (χ4v) is 11.6. The lowest BCUT2D eigenvalue weighted by atomic mass is 10.1. The number of hydrogen-bond donors (Lipinski definition) is 20. The van der Waals surface area contributed by atoms with Crippen molar-refractivity contribution in [2.45, 2.75) is 19.6 Å². The van der Waals surface area contributed by atoms with Crippen LogP contribution in [-0.2, 0) is 40.5 Å². The summed E-state index contributed by atoms with van der Waals surface area (Å²) in [5.41, 5.74) is 8.69. The van der Waals surface area contributed by atoms with Crippen molar-refractivity contribution in [3.8, 4) is 11.5 Å². The molecular weight excluding hydrogens is 1380 g/mol. The number of fused-ring (bicyclic) bond motifs is 2. The highest BCUT2D eigenvalue weighted by Crippen LogP contribution is 2.44. The monoisotopic (exact) mass is 1470 g/mol. The summed E-state index contributed by atoms with van der Waals surface area (Å²) >= 11 is 0. The van der Waals surface area contributed by atoms with Crippen molar-refractivity contribution in [2.24, 2.45) is 20.5 Å². The molecule has 0 aliphatic heterocycles. The topological polar surface area (TPSA) is 631 Å². The van der Waals surface area contributed by atoms with E-state index >= 15 is 0 Å². The van der Waals surface area contributed by atoms with E-state index in [1.165, 1.54) is 36.4 Å². The molecule has 0 aliphatic carbocycles. The van der Waals surface area contributed by atoms with Crippen LogP contribution in [0.3, 0.4) is 0 Å². The summed E-state index contributed by atoms with van der Waals surface area (Å²) in [5.74, 6) is -1.60. The van der Waals surface area contributed by atoms with E-state index in [1.807, 2.05) is 0 Å². The lowest BCUT2D eigenvalue weighted by Gasteiger charge is -2.15. The van der Waals surface area contributed by atoms with Gasteiger partial charge in [0.05, 0.1) is 110 Å². The van der Waals surface area contributed by atoms with Gasteiger partial charge in [-0.05, 0) is 82.6 Å². The molecule has 6 rings (SSSR count). The molecule has 0 saturated heterocycles. The number of aromatic hydroxyl groups is 2. The van der Waals surface area contributed by atoms with Crippen LogP contribution in [0.5, 0.6) is 11.5 Å². The normalized spacial score (nSPS) is 12.2. The zero-order valence-electron chi connectivity index (χ0n) is 52.9. The molecule has 0 unspecified atom stereocenters. The summed E-state index contributed by atoms with van der Waals surface area (Å²) in [6.45, 7) is 8.46. The zero-order valence-corrected chi connectivity index (χ0v) is 56.2. The number of quaternary nitrogens is 4. The van der Waals surface area contributed by atoms with Crippen molar-refractivity contribution in [2.75, 3.05) is 169 Å². The molecule has 0 fully saturated rings. The molecule has 22 N–H and O–H groups in total. The minimum absolute atomic E-state index is 0.000681. The molecular formula is C58H86N10O26S4. The van der Waals surface area contributed by atoms with Gasteiger partial charge in [0.25, 0.3) is 0 Å². The number of azo groups is 2. The summed E-state index contributed by atoms with van der Waals surface area (Å²) in [5, 5.41) is 139. The largest absolute Gasteiger partial charge is 0.744 e. The Morgan fingerprint density at radius 3 is 0.776 bits per heavy atom. The highest BCUT2D eigenvalue weighted by molar-refractivity contribution is 7.86. The van der Waals surface area contributed by atoms with Crippen LogP contribution in [0.15, 0.2) is 125 Å². The van der Waals surface area contributed by atoms with Gasteiger partial charge in [0, 0.05) is 22.1 Å². The van der Waals surface area contributed by atoms with Crippen molar-refractivity contribution >= 4 is 108 Å². The second kappa shape index (κ2) is 44.2. The van der Waals surface area contributed by atoms with E-state index in [0.717, 1.165) is 68.1 Å². The molecule has 548 valence electrons. The smallest absolute Gasteiger partial charge is 0.152 e. The van der Waals surface area contributed by atoms with Crippen molar-refractivity contribution < 1.29 is 143 Å². The minimum Gasteiger partial charge on any atom is -0.744 e. The first-order chi connectivity index (χ1) is 46.3. The fourth-order valence-electron chi connectivity index (χ4n) is 8.96. The number of benzene rings is 6. The fraction of sp³-hybridized carbons (Fsp3) is 0.414. The second-order valence-corrected chi connectivity index (χ2v) is 26.2. The van der Waals surface area contributed by atoms with Crippen LogP contribution in [0.1, 0.15) is 11.1 Å². The zero-order chi connectivity index (χ0) is 73.8. The first-order valence-electron chi connectivity index (χ1n) is 29.7. The number of nitrogens with two attached hydrogens (primary N) is 2. The van der Waals surface area contributed by atoms with Gasteiger partial charge in [-0.1, -0.05) is 36.4 Å². The first kappa shape index (κ1) is 87.1. The van der Waals surface area contributed by atoms with Crippen molar-refractivity contribution in [1.29, 1.82) is 0 Å². The van der Waals surface area contributed by atoms with Crippen molar-refractivity contribution in [1.82, 2.24) is 0 Å². The number of rotatable bonds is 34. The highest BCUT2D eigenvalue weighted by atomic mass is 32.2. The van der Waals surface area contributed by atoms with E-state index in [0.29, 0.717) is 90.7 Å². The molecule has 0 bridgehead atoms. The van der Waals surface area contributed by atoms with Gasteiger partial charge in [-0.25, -0.2) is 33.7 Å². The van der Waals surface area contributed by atoms with Crippen molar-refractivity contribution in [3.05, 3.63) is 96.1 Å². The first-order valence-corrected chi connectivity index (χ1v) is 35.3. The van der Waals surface area contributed by atoms with Gasteiger partial charge in [-0.2, -0.15) is 10.2 Å². The molecule has 6 aromatic carbocycles. The van der Waals surface area contributed by atoms with E-state index < -0.39 is 82.9 Å². The third kappa shape index (κ3) is 29.8. The van der Waals surface area contributed by atoms with Gasteiger partial charge in [0.1, 0.15) is 130 Å². The predicted octanol–water partition coefficient (Wildman–Crippen LogP) is -7.42. The summed E-state index contributed by atoms with van der Waals surface area (Å²) in [7, 11) is -21.2.